The Morgan fingerprint density at radius 3 is 2.67 bits per heavy atom. The van der Waals surface area contributed by atoms with Gasteiger partial charge in [0.25, 0.3) is 0 Å². The fourth-order valence-electron chi connectivity index (χ4n) is 3.83. The van der Waals surface area contributed by atoms with Crippen LogP contribution in [-0.4, -0.2) is 50.8 Å². The maximum atomic E-state index is 5.64. The number of rotatable bonds is 3. The smallest absolute Gasteiger partial charge is 0.193 e. The summed E-state index contributed by atoms with van der Waals surface area (Å²) < 4.78 is 5.64. The van der Waals surface area contributed by atoms with Gasteiger partial charge in [-0.25, -0.2) is 0 Å². The van der Waals surface area contributed by atoms with Crippen molar-refractivity contribution in [1.29, 1.82) is 0 Å². The van der Waals surface area contributed by atoms with E-state index in [1.54, 1.807) is 0 Å². The Kier molecular flexibility index (Phi) is 4.86. The second-order valence-electron chi connectivity index (χ2n) is 8.12. The molecule has 1 N–H and O–H groups in total. The van der Waals surface area contributed by atoms with Crippen LogP contribution in [0.4, 0.5) is 0 Å². The van der Waals surface area contributed by atoms with Gasteiger partial charge in [-0.2, -0.15) is 0 Å². The second-order valence-corrected chi connectivity index (χ2v) is 8.12. The lowest BCUT2D eigenvalue weighted by molar-refractivity contribution is 0.156. The Labute approximate surface area is 146 Å². The Morgan fingerprint density at radius 1 is 1.29 bits per heavy atom. The molecule has 4 heteroatoms. The van der Waals surface area contributed by atoms with Gasteiger partial charge in [-0.15, -0.1) is 0 Å². The van der Waals surface area contributed by atoms with E-state index in [9.17, 15) is 0 Å². The number of aliphatic imine (C=N–C) groups is 1. The van der Waals surface area contributed by atoms with E-state index in [4.69, 9.17) is 4.74 Å². The first kappa shape index (κ1) is 17.3. The van der Waals surface area contributed by atoms with Crippen molar-refractivity contribution in [3.63, 3.8) is 0 Å². The molecule has 1 aromatic rings. The Bertz CT molecular complexity index is 585. The molecular weight excluding hydrogens is 298 g/mol. The number of hydrogen-bond acceptors (Lipinski definition) is 2. The van der Waals surface area contributed by atoms with Crippen molar-refractivity contribution in [1.82, 2.24) is 10.2 Å². The molecule has 132 valence electrons. The van der Waals surface area contributed by atoms with Gasteiger partial charge in [-0.1, -0.05) is 43.7 Å². The predicted molar refractivity (Wildman–Crippen MR) is 99.6 cm³/mol. The first-order valence-electron chi connectivity index (χ1n) is 9.05. The number of guanidine groups is 1. The lowest BCUT2D eigenvalue weighted by Crippen LogP contribution is -2.45. The van der Waals surface area contributed by atoms with Crippen molar-refractivity contribution >= 4 is 5.96 Å². The maximum Gasteiger partial charge on any atom is 0.193 e. The lowest BCUT2D eigenvalue weighted by Gasteiger charge is -2.30. The molecule has 0 bridgehead atoms. The highest BCUT2D eigenvalue weighted by Gasteiger charge is 2.42. The van der Waals surface area contributed by atoms with Crippen LogP contribution in [-0.2, 0) is 10.2 Å². The normalized spacial score (nSPS) is 24.8. The molecule has 24 heavy (non-hydrogen) atoms. The number of hydrogen-bond donors (Lipinski definition) is 1. The van der Waals surface area contributed by atoms with Crippen LogP contribution < -0.4 is 5.32 Å². The topological polar surface area (TPSA) is 36.9 Å². The van der Waals surface area contributed by atoms with Crippen molar-refractivity contribution in [2.75, 3.05) is 39.9 Å². The van der Waals surface area contributed by atoms with Gasteiger partial charge in [-0.3, -0.25) is 4.99 Å². The average molecular weight is 329 g/mol. The number of ether oxygens (including phenoxy) is 1. The van der Waals surface area contributed by atoms with Crippen molar-refractivity contribution in [2.24, 2.45) is 10.4 Å². The Balaban J connectivity index is 1.61. The number of nitrogens with zero attached hydrogens (tertiary/aromatic N) is 2. The SMILES string of the molecule is CN=C(NCC(C)(C)c1ccc(C)cc1)N1CCC2(CCOC2)C1. The minimum Gasteiger partial charge on any atom is -0.381 e. The summed E-state index contributed by atoms with van der Waals surface area (Å²) in [5.41, 5.74) is 3.10. The van der Waals surface area contributed by atoms with E-state index >= 15 is 0 Å². The summed E-state index contributed by atoms with van der Waals surface area (Å²) in [5.74, 6) is 1.03. The van der Waals surface area contributed by atoms with Gasteiger partial charge >= 0.3 is 0 Å². The number of benzene rings is 1. The third-order valence-corrected chi connectivity index (χ3v) is 5.66. The van der Waals surface area contributed by atoms with Crippen molar-refractivity contribution < 1.29 is 4.74 Å². The molecule has 1 atom stereocenters. The maximum absolute atomic E-state index is 5.64. The Hall–Kier alpha value is -1.55. The van der Waals surface area contributed by atoms with Crippen LogP contribution in [0.2, 0.25) is 0 Å². The van der Waals surface area contributed by atoms with E-state index in [1.807, 2.05) is 7.05 Å². The molecule has 1 spiro atoms. The fraction of sp³-hybridized carbons (Fsp3) is 0.650. The van der Waals surface area contributed by atoms with Crippen LogP contribution in [0, 0.1) is 12.3 Å². The molecule has 2 aliphatic rings. The number of aryl methyl sites for hydroxylation is 1. The van der Waals surface area contributed by atoms with Crippen molar-refractivity contribution in [3.8, 4) is 0 Å². The standard InChI is InChI=1S/C20H31N3O/c1-16-5-7-17(8-6-16)19(2,3)13-22-18(21-4)23-11-9-20(14-23)10-12-24-15-20/h5-8H,9-15H2,1-4H3,(H,21,22). The second kappa shape index (κ2) is 6.75. The minimum absolute atomic E-state index is 0.0670. The van der Waals surface area contributed by atoms with E-state index in [0.717, 1.165) is 38.8 Å². The molecule has 0 radical (unpaired) electrons. The molecule has 2 aliphatic heterocycles. The van der Waals surface area contributed by atoms with Gasteiger partial charge in [0.15, 0.2) is 5.96 Å². The summed E-state index contributed by atoms with van der Waals surface area (Å²) in [7, 11) is 1.89. The molecule has 0 amide bonds. The highest BCUT2D eigenvalue weighted by atomic mass is 16.5. The van der Waals surface area contributed by atoms with Crippen LogP contribution in [0.3, 0.4) is 0 Å². The first-order valence-corrected chi connectivity index (χ1v) is 9.05. The average Bonchev–Trinajstić information content (AvgIpc) is 3.19. The van der Waals surface area contributed by atoms with Crippen LogP contribution in [0.25, 0.3) is 0 Å². The summed E-state index contributed by atoms with van der Waals surface area (Å²) in [5, 5.41) is 3.61. The van der Waals surface area contributed by atoms with Gasteiger partial charge in [0.1, 0.15) is 0 Å². The largest absolute Gasteiger partial charge is 0.381 e. The van der Waals surface area contributed by atoms with Crippen LogP contribution in [0.1, 0.15) is 37.8 Å². The van der Waals surface area contributed by atoms with Crippen LogP contribution in [0.15, 0.2) is 29.3 Å². The summed E-state index contributed by atoms with van der Waals surface area (Å²) in [6, 6.07) is 8.85. The highest BCUT2D eigenvalue weighted by molar-refractivity contribution is 5.80. The molecule has 0 aromatic heterocycles. The lowest BCUT2D eigenvalue weighted by atomic mass is 9.84. The quantitative estimate of drug-likeness (QED) is 0.684. The molecule has 0 aliphatic carbocycles. The van der Waals surface area contributed by atoms with Crippen molar-refractivity contribution in [2.45, 2.75) is 39.0 Å². The summed E-state index contributed by atoms with van der Waals surface area (Å²) in [4.78, 5) is 6.93. The number of likely N-dealkylation sites (tertiary alicyclic amines) is 1. The monoisotopic (exact) mass is 329 g/mol. The molecule has 2 heterocycles. The third kappa shape index (κ3) is 3.59. The molecular formula is C20H31N3O. The van der Waals surface area contributed by atoms with Gasteiger partial charge in [0, 0.05) is 44.1 Å². The predicted octanol–water partition coefficient (Wildman–Crippen LogP) is 2.96. The van der Waals surface area contributed by atoms with E-state index in [2.05, 4.69) is 60.2 Å². The summed E-state index contributed by atoms with van der Waals surface area (Å²) >= 11 is 0. The van der Waals surface area contributed by atoms with Crippen LogP contribution >= 0.6 is 0 Å². The van der Waals surface area contributed by atoms with Gasteiger partial charge in [0.05, 0.1) is 6.61 Å². The van der Waals surface area contributed by atoms with Gasteiger partial charge < -0.3 is 15.0 Å². The summed E-state index contributed by atoms with van der Waals surface area (Å²) in [6.07, 6.45) is 2.41. The third-order valence-electron chi connectivity index (χ3n) is 5.66. The van der Waals surface area contributed by atoms with E-state index in [-0.39, 0.29) is 5.41 Å². The molecule has 1 aromatic carbocycles. The van der Waals surface area contributed by atoms with Gasteiger partial charge in [0.2, 0.25) is 0 Å². The first-order chi connectivity index (χ1) is 11.4. The zero-order valence-corrected chi connectivity index (χ0v) is 15.6. The van der Waals surface area contributed by atoms with E-state index < -0.39 is 0 Å². The van der Waals surface area contributed by atoms with Crippen molar-refractivity contribution in [3.05, 3.63) is 35.4 Å². The van der Waals surface area contributed by atoms with E-state index in [1.165, 1.54) is 24.0 Å². The molecule has 1 unspecified atom stereocenters. The highest BCUT2D eigenvalue weighted by Crippen LogP contribution is 2.38. The molecule has 0 saturated carbocycles. The fourth-order valence-corrected chi connectivity index (χ4v) is 3.83. The summed E-state index contributed by atoms with van der Waals surface area (Å²) in [6.45, 7) is 11.6. The zero-order chi connectivity index (χ0) is 17.2. The van der Waals surface area contributed by atoms with Gasteiger partial charge in [-0.05, 0) is 25.3 Å². The Morgan fingerprint density at radius 2 is 2.04 bits per heavy atom. The molecule has 4 nitrogen and oxygen atoms in total. The number of nitrogens with one attached hydrogen (secondary N) is 1. The zero-order valence-electron chi connectivity index (χ0n) is 15.6. The molecule has 2 saturated heterocycles. The molecule has 3 rings (SSSR count). The van der Waals surface area contributed by atoms with E-state index in [0.29, 0.717) is 5.41 Å². The van der Waals surface area contributed by atoms with Crippen LogP contribution in [0.5, 0.6) is 0 Å². The minimum atomic E-state index is 0.0670. The molecule has 2 fully saturated rings.